The van der Waals surface area contributed by atoms with E-state index in [2.05, 4.69) is 31.2 Å². The number of β-lactam (4-membered cyclic amide) rings is 1. The van der Waals surface area contributed by atoms with E-state index in [0.29, 0.717) is 6.42 Å². The van der Waals surface area contributed by atoms with Crippen LogP contribution in [0.5, 0.6) is 5.75 Å². The Kier molecular flexibility index (Phi) is 7.36. The van der Waals surface area contributed by atoms with Crippen molar-refractivity contribution in [3.8, 4) is 16.9 Å². The van der Waals surface area contributed by atoms with Crippen molar-refractivity contribution in [2.75, 3.05) is 4.90 Å². The number of aromatic hydroxyl groups is 1. The third kappa shape index (κ3) is 5.00. The zero-order valence-corrected chi connectivity index (χ0v) is 20.9. The number of carbonyl (C=O) groups excluding carboxylic acids is 1. The Morgan fingerprint density at radius 2 is 1.34 bits per heavy atom. The molecule has 1 fully saturated rings. The molecule has 3 heteroatoms. The molecular weight excluding hydrogens is 430 g/mol. The number of rotatable bonds is 5. The van der Waals surface area contributed by atoms with Gasteiger partial charge in [-0.15, -0.1) is 0 Å². The summed E-state index contributed by atoms with van der Waals surface area (Å²) in [6, 6.07) is 32.0. The summed E-state index contributed by atoms with van der Waals surface area (Å²) in [6.07, 6.45) is 0.645. The average molecular weight is 464 g/mol. The van der Waals surface area contributed by atoms with Crippen LogP contribution in [0.25, 0.3) is 11.1 Å². The average Bonchev–Trinajstić information content (AvgIpc) is 2.90. The topological polar surface area (TPSA) is 40.5 Å². The minimum absolute atomic E-state index is 0.0935. The molecule has 1 N–H and O–H groups in total. The van der Waals surface area contributed by atoms with Gasteiger partial charge in [0.15, 0.2) is 0 Å². The first-order chi connectivity index (χ1) is 17.0. The fraction of sp³-hybridized carbons (Fsp3) is 0.219. The van der Waals surface area contributed by atoms with E-state index in [9.17, 15) is 9.90 Å². The van der Waals surface area contributed by atoms with E-state index in [4.69, 9.17) is 0 Å². The lowest BCUT2D eigenvalue weighted by atomic mass is 9.77. The van der Waals surface area contributed by atoms with Gasteiger partial charge in [0.05, 0.1) is 12.0 Å². The molecule has 1 amide bonds. The Balaban J connectivity index is 0.00000141. The number of benzene rings is 4. The Morgan fingerprint density at radius 1 is 0.743 bits per heavy atom. The summed E-state index contributed by atoms with van der Waals surface area (Å²) >= 11 is 0. The predicted molar refractivity (Wildman–Crippen MR) is 145 cm³/mol. The highest BCUT2D eigenvalue weighted by atomic mass is 16.3. The monoisotopic (exact) mass is 463 g/mol. The zero-order chi connectivity index (χ0) is 24.9. The van der Waals surface area contributed by atoms with Crippen molar-refractivity contribution < 1.29 is 9.90 Å². The summed E-state index contributed by atoms with van der Waals surface area (Å²) in [5, 5.41) is 11.1. The van der Waals surface area contributed by atoms with Gasteiger partial charge < -0.3 is 10.0 Å². The Bertz CT molecular complexity index is 1280. The molecule has 2 unspecified atom stereocenters. The maximum absolute atomic E-state index is 13.3. The maximum Gasteiger partial charge on any atom is 0.233 e. The molecule has 0 radical (unpaired) electrons. The van der Waals surface area contributed by atoms with Crippen LogP contribution in [-0.2, 0) is 11.2 Å². The van der Waals surface area contributed by atoms with Gasteiger partial charge in [-0.1, -0.05) is 104 Å². The number of amides is 1. The molecule has 1 aliphatic heterocycles. The highest BCUT2D eigenvalue weighted by Crippen LogP contribution is 2.48. The number of hydrogen-bond acceptors (Lipinski definition) is 2. The molecule has 1 saturated heterocycles. The smallest absolute Gasteiger partial charge is 0.233 e. The lowest BCUT2D eigenvalue weighted by Gasteiger charge is -2.48. The second kappa shape index (κ2) is 10.6. The first kappa shape index (κ1) is 24.3. The van der Waals surface area contributed by atoms with Crippen molar-refractivity contribution in [2.24, 2.45) is 5.92 Å². The number of nitrogens with zero attached hydrogens (tertiary/aromatic N) is 1. The van der Waals surface area contributed by atoms with Gasteiger partial charge >= 0.3 is 0 Å². The van der Waals surface area contributed by atoms with Crippen LogP contribution < -0.4 is 4.90 Å². The summed E-state index contributed by atoms with van der Waals surface area (Å²) < 4.78 is 0. The predicted octanol–water partition coefficient (Wildman–Crippen LogP) is 7.65. The Labute approximate surface area is 208 Å². The van der Waals surface area contributed by atoms with Gasteiger partial charge in [0, 0.05) is 11.3 Å². The van der Waals surface area contributed by atoms with E-state index in [1.807, 2.05) is 98.5 Å². The zero-order valence-electron chi connectivity index (χ0n) is 20.9. The second-order valence-corrected chi connectivity index (χ2v) is 8.92. The largest absolute Gasteiger partial charge is 0.508 e. The van der Waals surface area contributed by atoms with E-state index in [1.54, 1.807) is 0 Å². The second-order valence-electron chi connectivity index (χ2n) is 8.92. The van der Waals surface area contributed by atoms with Crippen LogP contribution in [0.3, 0.4) is 0 Å². The van der Waals surface area contributed by atoms with E-state index in [1.165, 1.54) is 5.56 Å². The molecule has 4 aromatic rings. The third-order valence-corrected chi connectivity index (χ3v) is 6.56. The van der Waals surface area contributed by atoms with Crippen LogP contribution in [0.1, 0.15) is 42.1 Å². The van der Waals surface area contributed by atoms with Crippen molar-refractivity contribution in [1.82, 2.24) is 0 Å². The first-order valence-corrected chi connectivity index (χ1v) is 12.3. The van der Waals surface area contributed by atoms with Gasteiger partial charge in [-0.3, -0.25) is 4.79 Å². The van der Waals surface area contributed by atoms with Gasteiger partial charge in [0.25, 0.3) is 0 Å². The van der Waals surface area contributed by atoms with Crippen LogP contribution >= 0.6 is 0 Å². The fourth-order valence-corrected chi connectivity index (χ4v) is 4.68. The van der Waals surface area contributed by atoms with Crippen LogP contribution in [0, 0.1) is 19.8 Å². The quantitative estimate of drug-likeness (QED) is 0.309. The van der Waals surface area contributed by atoms with Gasteiger partial charge in [-0.05, 0) is 55.2 Å². The number of carbonyl (C=O) groups is 1. The molecular formula is C32H33NO2. The minimum Gasteiger partial charge on any atom is -0.508 e. The molecule has 1 heterocycles. The normalized spacial score (nSPS) is 16.8. The summed E-state index contributed by atoms with van der Waals surface area (Å²) in [7, 11) is 0. The van der Waals surface area contributed by atoms with Crippen LogP contribution in [-0.4, -0.2) is 11.0 Å². The van der Waals surface area contributed by atoms with Gasteiger partial charge in [-0.2, -0.15) is 0 Å². The summed E-state index contributed by atoms with van der Waals surface area (Å²) in [4.78, 5) is 15.2. The molecule has 2 atom stereocenters. The lowest BCUT2D eigenvalue weighted by Crippen LogP contribution is -2.56. The molecule has 35 heavy (non-hydrogen) atoms. The highest BCUT2D eigenvalue weighted by Gasteiger charge is 2.49. The molecule has 0 bridgehead atoms. The van der Waals surface area contributed by atoms with Crippen molar-refractivity contribution in [2.45, 2.75) is 40.2 Å². The maximum atomic E-state index is 13.3. The SMILES string of the molecule is CC.Cc1ccc(CC2C(=O)N(c3ccc(C)cc3)C2c2ccc(-c3ccccc3)cc2O)cc1. The molecule has 178 valence electrons. The number of phenolic OH excluding ortho intramolecular Hbond substituents is 1. The Hall–Kier alpha value is -3.85. The van der Waals surface area contributed by atoms with Crippen molar-refractivity contribution in [3.05, 3.63) is 119 Å². The molecule has 0 aromatic heterocycles. The van der Waals surface area contributed by atoms with Gasteiger partial charge in [-0.25, -0.2) is 0 Å². The third-order valence-electron chi connectivity index (χ3n) is 6.56. The van der Waals surface area contributed by atoms with E-state index in [0.717, 1.165) is 33.5 Å². The number of aryl methyl sites for hydroxylation is 2. The number of hydrogen-bond donors (Lipinski definition) is 1. The molecule has 0 aliphatic carbocycles. The molecule has 4 aromatic carbocycles. The molecule has 3 nitrogen and oxygen atoms in total. The highest BCUT2D eigenvalue weighted by molar-refractivity contribution is 6.03. The first-order valence-electron chi connectivity index (χ1n) is 12.3. The molecule has 1 aliphatic rings. The number of anilines is 1. The molecule has 5 rings (SSSR count). The fourth-order valence-electron chi connectivity index (χ4n) is 4.68. The van der Waals surface area contributed by atoms with Gasteiger partial charge in [0.1, 0.15) is 5.75 Å². The van der Waals surface area contributed by atoms with E-state index in [-0.39, 0.29) is 23.6 Å². The van der Waals surface area contributed by atoms with Gasteiger partial charge in [0.2, 0.25) is 5.91 Å². The van der Waals surface area contributed by atoms with E-state index < -0.39 is 0 Å². The Morgan fingerprint density at radius 3 is 1.94 bits per heavy atom. The molecule has 0 spiro atoms. The summed E-state index contributed by atoms with van der Waals surface area (Å²) in [6.45, 7) is 8.10. The standard InChI is InChI=1S/C30H27NO2.C2H6/c1-20-8-12-22(13-9-20)18-27-29(31(30(27)33)25-15-10-21(2)11-16-25)26-17-14-24(19-28(26)32)23-6-4-3-5-7-23;1-2/h3-17,19,27,29,32H,18H2,1-2H3;1-2H3. The summed E-state index contributed by atoms with van der Waals surface area (Å²) in [5.74, 6) is 0.0957. The van der Waals surface area contributed by atoms with Crippen molar-refractivity contribution in [3.63, 3.8) is 0 Å². The van der Waals surface area contributed by atoms with Crippen molar-refractivity contribution >= 4 is 11.6 Å². The summed E-state index contributed by atoms with van der Waals surface area (Å²) in [5.41, 5.74) is 7.14. The van der Waals surface area contributed by atoms with Crippen LogP contribution in [0.4, 0.5) is 5.69 Å². The van der Waals surface area contributed by atoms with E-state index >= 15 is 0 Å². The lowest BCUT2D eigenvalue weighted by molar-refractivity contribution is -0.130. The van der Waals surface area contributed by atoms with Crippen LogP contribution in [0.15, 0.2) is 97.1 Å². The van der Waals surface area contributed by atoms with Crippen molar-refractivity contribution in [1.29, 1.82) is 0 Å². The van der Waals surface area contributed by atoms with Crippen LogP contribution in [0.2, 0.25) is 0 Å². The minimum atomic E-state index is -0.220. The molecule has 0 saturated carbocycles. The number of phenols is 1.